The number of fused-ring (bicyclic) bond motifs is 1. The lowest BCUT2D eigenvalue weighted by atomic mass is 9.84. The van der Waals surface area contributed by atoms with Crippen LogP contribution in [0.3, 0.4) is 0 Å². The zero-order valence-corrected chi connectivity index (χ0v) is 7.25. The summed E-state index contributed by atoms with van der Waals surface area (Å²) in [7, 11) is 0. The molecule has 0 bridgehead atoms. The van der Waals surface area contributed by atoms with Crippen molar-refractivity contribution in [2.75, 3.05) is 13.2 Å². The molecule has 2 fully saturated rings. The molecule has 11 heavy (non-hydrogen) atoms. The third-order valence-corrected chi connectivity index (χ3v) is 3.00. The molecule has 0 spiro atoms. The SMILES string of the molecule is CC1COC(C)C2OCCC12. The summed E-state index contributed by atoms with van der Waals surface area (Å²) in [5, 5.41) is 0. The molecule has 0 aromatic rings. The highest BCUT2D eigenvalue weighted by molar-refractivity contribution is 4.87. The van der Waals surface area contributed by atoms with Crippen LogP contribution in [0, 0.1) is 11.8 Å². The van der Waals surface area contributed by atoms with Crippen LogP contribution in [0.1, 0.15) is 20.3 Å². The number of hydrogen-bond donors (Lipinski definition) is 0. The van der Waals surface area contributed by atoms with E-state index in [1.807, 2.05) is 0 Å². The van der Waals surface area contributed by atoms with Gasteiger partial charge < -0.3 is 9.47 Å². The molecule has 0 aromatic carbocycles. The summed E-state index contributed by atoms with van der Waals surface area (Å²) >= 11 is 0. The van der Waals surface area contributed by atoms with Crippen LogP contribution in [0.5, 0.6) is 0 Å². The molecule has 2 nitrogen and oxygen atoms in total. The summed E-state index contributed by atoms with van der Waals surface area (Å²) in [4.78, 5) is 0. The van der Waals surface area contributed by atoms with Gasteiger partial charge in [0.15, 0.2) is 0 Å². The molecule has 0 aromatic heterocycles. The van der Waals surface area contributed by atoms with Gasteiger partial charge in [0.1, 0.15) is 0 Å². The fourth-order valence-electron chi connectivity index (χ4n) is 2.24. The Balaban J connectivity index is 2.08. The van der Waals surface area contributed by atoms with E-state index in [1.54, 1.807) is 0 Å². The lowest BCUT2D eigenvalue weighted by Crippen LogP contribution is -2.41. The van der Waals surface area contributed by atoms with Crippen molar-refractivity contribution in [2.45, 2.75) is 32.5 Å². The largest absolute Gasteiger partial charge is 0.376 e. The molecule has 64 valence electrons. The smallest absolute Gasteiger partial charge is 0.0866 e. The Bertz CT molecular complexity index is 130. The van der Waals surface area contributed by atoms with Crippen LogP contribution < -0.4 is 0 Å². The summed E-state index contributed by atoms with van der Waals surface area (Å²) in [6.07, 6.45) is 1.94. The van der Waals surface area contributed by atoms with E-state index in [-0.39, 0.29) is 0 Å². The number of hydrogen-bond acceptors (Lipinski definition) is 2. The van der Waals surface area contributed by atoms with Crippen LogP contribution in [0.25, 0.3) is 0 Å². The highest BCUT2D eigenvalue weighted by Gasteiger charge is 2.40. The zero-order valence-electron chi connectivity index (χ0n) is 7.25. The Morgan fingerprint density at radius 3 is 2.73 bits per heavy atom. The van der Waals surface area contributed by atoms with Gasteiger partial charge in [-0.1, -0.05) is 6.92 Å². The first-order valence-corrected chi connectivity index (χ1v) is 4.52. The first-order valence-electron chi connectivity index (χ1n) is 4.52. The second-order valence-corrected chi connectivity index (χ2v) is 3.80. The molecule has 0 aliphatic carbocycles. The third-order valence-electron chi connectivity index (χ3n) is 3.00. The monoisotopic (exact) mass is 156 g/mol. The maximum absolute atomic E-state index is 5.61. The van der Waals surface area contributed by atoms with Crippen LogP contribution in [-0.2, 0) is 9.47 Å². The summed E-state index contributed by atoms with van der Waals surface area (Å²) in [6.45, 7) is 6.24. The first-order chi connectivity index (χ1) is 5.29. The van der Waals surface area contributed by atoms with E-state index in [4.69, 9.17) is 9.47 Å². The normalized spacial score (nSPS) is 50.7. The standard InChI is InChI=1S/C9H16O2/c1-6-5-11-7(2)9-8(6)3-4-10-9/h6-9H,3-5H2,1-2H3. The maximum atomic E-state index is 5.61. The van der Waals surface area contributed by atoms with Gasteiger partial charge in [0, 0.05) is 13.2 Å². The van der Waals surface area contributed by atoms with E-state index in [0.717, 1.165) is 19.1 Å². The molecule has 2 heterocycles. The van der Waals surface area contributed by atoms with Crippen LogP contribution >= 0.6 is 0 Å². The van der Waals surface area contributed by atoms with Crippen molar-refractivity contribution in [2.24, 2.45) is 11.8 Å². The molecule has 0 N–H and O–H groups in total. The van der Waals surface area contributed by atoms with Crippen molar-refractivity contribution in [3.63, 3.8) is 0 Å². The first kappa shape index (κ1) is 7.56. The minimum Gasteiger partial charge on any atom is -0.376 e. The Kier molecular flexibility index (Phi) is 1.90. The maximum Gasteiger partial charge on any atom is 0.0866 e. The fraction of sp³-hybridized carbons (Fsp3) is 1.00. The van der Waals surface area contributed by atoms with Crippen molar-refractivity contribution >= 4 is 0 Å². The fourth-order valence-corrected chi connectivity index (χ4v) is 2.24. The Morgan fingerprint density at radius 1 is 1.18 bits per heavy atom. The highest BCUT2D eigenvalue weighted by atomic mass is 16.5. The van der Waals surface area contributed by atoms with Crippen molar-refractivity contribution in [1.82, 2.24) is 0 Å². The van der Waals surface area contributed by atoms with E-state index in [1.165, 1.54) is 6.42 Å². The molecule has 0 radical (unpaired) electrons. The quantitative estimate of drug-likeness (QED) is 0.528. The van der Waals surface area contributed by atoms with Gasteiger partial charge in [-0.05, 0) is 25.2 Å². The predicted molar refractivity (Wildman–Crippen MR) is 42.4 cm³/mol. The molecule has 4 unspecified atom stereocenters. The van der Waals surface area contributed by atoms with Crippen molar-refractivity contribution in [3.8, 4) is 0 Å². The molecule has 0 saturated carbocycles. The summed E-state index contributed by atoms with van der Waals surface area (Å²) in [6, 6.07) is 0. The minimum atomic E-state index is 0.318. The van der Waals surface area contributed by atoms with Gasteiger partial charge in [-0.15, -0.1) is 0 Å². The minimum absolute atomic E-state index is 0.318. The molecule has 0 amide bonds. The van der Waals surface area contributed by atoms with Crippen LogP contribution in [0.2, 0.25) is 0 Å². The van der Waals surface area contributed by atoms with Crippen LogP contribution in [-0.4, -0.2) is 25.4 Å². The molecule has 2 saturated heterocycles. The number of rotatable bonds is 0. The third kappa shape index (κ3) is 1.18. The van der Waals surface area contributed by atoms with Gasteiger partial charge in [0.05, 0.1) is 12.2 Å². The van der Waals surface area contributed by atoms with Gasteiger partial charge in [-0.3, -0.25) is 0 Å². The van der Waals surface area contributed by atoms with Gasteiger partial charge in [-0.2, -0.15) is 0 Å². The second kappa shape index (κ2) is 2.76. The number of ether oxygens (including phenoxy) is 2. The van der Waals surface area contributed by atoms with Crippen molar-refractivity contribution in [1.29, 1.82) is 0 Å². The van der Waals surface area contributed by atoms with Gasteiger partial charge in [-0.25, -0.2) is 0 Å². The molecule has 4 atom stereocenters. The molecule has 2 rings (SSSR count). The Labute approximate surface area is 67.9 Å². The highest BCUT2D eigenvalue weighted by Crippen LogP contribution is 2.35. The van der Waals surface area contributed by atoms with Gasteiger partial charge in [0.2, 0.25) is 0 Å². The van der Waals surface area contributed by atoms with E-state index in [0.29, 0.717) is 18.1 Å². The van der Waals surface area contributed by atoms with E-state index >= 15 is 0 Å². The van der Waals surface area contributed by atoms with Gasteiger partial charge >= 0.3 is 0 Å². The Hall–Kier alpha value is -0.0800. The topological polar surface area (TPSA) is 18.5 Å². The average Bonchev–Trinajstić information content (AvgIpc) is 2.45. The molecule has 2 heteroatoms. The Morgan fingerprint density at radius 2 is 2.00 bits per heavy atom. The predicted octanol–water partition coefficient (Wildman–Crippen LogP) is 1.45. The molecule has 2 aliphatic rings. The second-order valence-electron chi connectivity index (χ2n) is 3.80. The van der Waals surface area contributed by atoms with Crippen LogP contribution in [0.15, 0.2) is 0 Å². The lowest BCUT2D eigenvalue weighted by Gasteiger charge is -2.35. The van der Waals surface area contributed by atoms with Crippen molar-refractivity contribution < 1.29 is 9.47 Å². The van der Waals surface area contributed by atoms with Crippen molar-refractivity contribution in [3.05, 3.63) is 0 Å². The van der Waals surface area contributed by atoms with Crippen LogP contribution in [0.4, 0.5) is 0 Å². The van der Waals surface area contributed by atoms with E-state index in [9.17, 15) is 0 Å². The van der Waals surface area contributed by atoms with E-state index < -0.39 is 0 Å². The molecular formula is C9H16O2. The zero-order chi connectivity index (χ0) is 7.84. The summed E-state index contributed by atoms with van der Waals surface area (Å²) in [5.74, 6) is 1.46. The molecular weight excluding hydrogens is 140 g/mol. The van der Waals surface area contributed by atoms with Gasteiger partial charge in [0.25, 0.3) is 0 Å². The average molecular weight is 156 g/mol. The summed E-state index contributed by atoms with van der Waals surface area (Å²) in [5.41, 5.74) is 0. The lowest BCUT2D eigenvalue weighted by molar-refractivity contribution is -0.109. The van der Waals surface area contributed by atoms with E-state index in [2.05, 4.69) is 13.8 Å². The molecule has 2 aliphatic heterocycles. The summed E-state index contributed by atoms with van der Waals surface area (Å²) < 4.78 is 11.2.